The molecule has 1 aromatic carbocycles. The number of carbonyl (C=O) groups excluding carboxylic acids is 1. The largest absolute Gasteiger partial charge is 0.460 e. The first-order valence-corrected chi connectivity index (χ1v) is 6.39. The Morgan fingerprint density at radius 3 is 2.65 bits per heavy atom. The van der Waals surface area contributed by atoms with Gasteiger partial charge in [-0.2, -0.15) is 5.10 Å². The average Bonchev–Trinajstić information content (AvgIpc) is 3.06. The smallest absolute Gasteiger partial charge is 0.155 e. The fourth-order valence-electron chi connectivity index (χ4n) is 2.13. The number of aromatic nitrogens is 2. The molecule has 0 fully saturated rings. The molecule has 0 radical (unpaired) electrons. The number of aryl methyl sites for hydroxylation is 1. The van der Waals surface area contributed by atoms with Crippen LogP contribution < -0.4 is 0 Å². The number of carbonyl (C=O) groups is 1. The second-order valence-corrected chi connectivity index (χ2v) is 4.64. The fraction of sp³-hybridized carbons (Fsp3) is 0.125. The highest BCUT2D eigenvalue weighted by Crippen LogP contribution is 2.23. The lowest BCUT2D eigenvalue weighted by Crippen LogP contribution is -1.99. The maximum absolute atomic E-state index is 11.2. The van der Waals surface area contributed by atoms with Crippen molar-refractivity contribution in [3.05, 3.63) is 65.5 Å². The maximum Gasteiger partial charge on any atom is 0.155 e. The predicted octanol–water partition coefficient (Wildman–Crippen LogP) is 3.31. The summed E-state index contributed by atoms with van der Waals surface area (Å²) in [6, 6.07) is 13.7. The molecule has 0 N–H and O–H groups in total. The zero-order chi connectivity index (χ0) is 13.9. The van der Waals surface area contributed by atoms with Crippen LogP contribution in [0.2, 0.25) is 0 Å². The van der Waals surface area contributed by atoms with Gasteiger partial charge in [-0.05, 0) is 24.6 Å². The highest BCUT2D eigenvalue weighted by molar-refractivity contribution is 5.84. The lowest BCUT2D eigenvalue weighted by molar-refractivity contribution is 0.112. The first-order chi connectivity index (χ1) is 9.76. The van der Waals surface area contributed by atoms with E-state index < -0.39 is 0 Å². The molecule has 2 heterocycles. The van der Waals surface area contributed by atoms with Crippen LogP contribution in [-0.4, -0.2) is 16.1 Å². The van der Waals surface area contributed by atoms with E-state index in [4.69, 9.17) is 4.42 Å². The lowest BCUT2D eigenvalue weighted by atomic mass is 10.2. The van der Waals surface area contributed by atoms with Crippen LogP contribution in [0.15, 0.2) is 53.1 Å². The molecule has 20 heavy (non-hydrogen) atoms. The summed E-state index contributed by atoms with van der Waals surface area (Å²) in [6.45, 7) is 2.49. The SMILES string of the molecule is Cc1ccc(-c2nn(Cc3ccccc3)cc2C=O)o1. The molecule has 0 aliphatic heterocycles. The second-order valence-electron chi connectivity index (χ2n) is 4.64. The molecule has 0 aliphatic carbocycles. The summed E-state index contributed by atoms with van der Waals surface area (Å²) in [6.07, 6.45) is 2.55. The number of benzene rings is 1. The van der Waals surface area contributed by atoms with E-state index in [9.17, 15) is 4.79 Å². The van der Waals surface area contributed by atoms with Crippen LogP contribution in [-0.2, 0) is 6.54 Å². The first-order valence-electron chi connectivity index (χ1n) is 6.39. The quantitative estimate of drug-likeness (QED) is 0.681. The van der Waals surface area contributed by atoms with E-state index in [1.165, 1.54) is 0 Å². The van der Waals surface area contributed by atoms with E-state index in [0.29, 0.717) is 23.6 Å². The summed E-state index contributed by atoms with van der Waals surface area (Å²) in [5, 5.41) is 4.45. The van der Waals surface area contributed by atoms with E-state index in [0.717, 1.165) is 17.6 Å². The Morgan fingerprint density at radius 2 is 2.00 bits per heavy atom. The summed E-state index contributed by atoms with van der Waals surface area (Å²) in [5.41, 5.74) is 2.26. The molecule has 4 nitrogen and oxygen atoms in total. The standard InChI is InChI=1S/C16H14N2O2/c1-12-7-8-15(20-12)16-14(11-19)10-18(17-16)9-13-5-3-2-4-6-13/h2-8,10-11H,9H2,1H3. The Hall–Kier alpha value is -2.62. The predicted molar refractivity (Wildman–Crippen MR) is 75.6 cm³/mol. The molecule has 4 heteroatoms. The van der Waals surface area contributed by atoms with Gasteiger partial charge in [0.1, 0.15) is 11.5 Å². The number of rotatable bonds is 4. The van der Waals surface area contributed by atoms with Crippen LogP contribution in [0.4, 0.5) is 0 Å². The molecule has 100 valence electrons. The Kier molecular flexibility index (Phi) is 3.21. The molecule has 0 aliphatic rings. The van der Waals surface area contributed by atoms with Gasteiger partial charge in [-0.1, -0.05) is 30.3 Å². The maximum atomic E-state index is 11.2. The van der Waals surface area contributed by atoms with Crippen LogP contribution in [0, 0.1) is 6.92 Å². The highest BCUT2D eigenvalue weighted by atomic mass is 16.3. The summed E-state index contributed by atoms with van der Waals surface area (Å²) in [4.78, 5) is 11.2. The number of hydrogen-bond acceptors (Lipinski definition) is 3. The van der Waals surface area contributed by atoms with Gasteiger partial charge in [0.15, 0.2) is 12.0 Å². The van der Waals surface area contributed by atoms with Crippen molar-refractivity contribution in [1.82, 2.24) is 9.78 Å². The van der Waals surface area contributed by atoms with Crippen molar-refractivity contribution in [3.63, 3.8) is 0 Å². The van der Waals surface area contributed by atoms with Crippen molar-refractivity contribution in [2.75, 3.05) is 0 Å². The van der Waals surface area contributed by atoms with E-state index in [1.807, 2.05) is 49.4 Å². The zero-order valence-electron chi connectivity index (χ0n) is 11.1. The molecule has 3 rings (SSSR count). The molecule has 3 aromatic rings. The van der Waals surface area contributed by atoms with E-state index in [1.54, 1.807) is 10.9 Å². The molecule has 0 unspecified atom stereocenters. The van der Waals surface area contributed by atoms with E-state index >= 15 is 0 Å². The van der Waals surface area contributed by atoms with Gasteiger partial charge in [-0.15, -0.1) is 0 Å². The van der Waals surface area contributed by atoms with Crippen LogP contribution in [0.5, 0.6) is 0 Å². The molecule has 0 amide bonds. The summed E-state index contributed by atoms with van der Waals surface area (Å²) < 4.78 is 7.30. The molecule has 0 bridgehead atoms. The van der Waals surface area contributed by atoms with Crippen molar-refractivity contribution in [1.29, 1.82) is 0 Å². The molecule has 0 saturated carbocycles. The third-order valence-corrected chi connectivity index (χ3v) is 3.08. The van der Waals surface area contributed by atoms with Gasteiger partial charge in [-0.25, -0.2) is 0 Å². The third kappa shape index (κ3) is 2.40. The fourth-order valence-corrected chi connectivity index (χ4v) is 2.13. The van der Waals surface area contributed by atoms with E-state index in [2.05, 4.69) is 5.10 Å². The van der Waals surface area contributed by atoms with Gasteiger partial charge in [0.25, 0.3) is 0 Å². The van der Waals surface area contributed by atoms with Gasteiger partial charge in [0.05, 0.1) is 12.1 Å². The van der Waals surface area contributed by atoms with Crippen LogP contribution in [0.1, 0.15) is 21.7 Å². The van der Waals surface area contributed by atoms with Crippen LogP contribution in [0.25, 0.3) is 11.5 Å². The number of hydrogen-bond donors (Lipinski definition) is 0. The summed E-state index contributed by atoms with van der Waals surface area (Å²) in [7, 11) is 0. The van der Waals surface area contributed by atoms with Crippen molar-refractivity contribution < 1.29 is 9.21 Å². The Morgan fingerprint density at radius 1 is 1.20 bits per heavy atom. The van der Waals surface area contributed by atoms with Crippen LogP contribution in [0.3, 0.4) is 0 Å². The second kappa shape index (κ2) is 5.17. The zero-order valence-corrected chi connectivity index (χ0v) is 11.1. The topological polar surface area (TPSA) is 48.0 Å². The normalized spacial score (nSPS) is 10.7. The molecular weight excluding hydrogens is 252 g/mol. The van der Waals surface area contributed by atoms with Gasteiger partial charge >= 0.3 is 0 Å². The first kappa shape index (κ1) is 12.4. The highest BCUT2D eigenvalue weighted by Gasteiger charge is 2.13. The molecule has 0 atom stereocenters. The van der Waals surface area contributed by atoms with Crippen molar-refractivity contribution in [3.8, 4) is 11.5 Å². The van der Waals surface area contributed by atoms with Gasteiger partial charge < -0.3 is 4.42 Å². The van der Waals surface area contributed by atoms with Gasteiger partial charge in [0.2, 0.25) is 0 Å². The lowest BCUT2D eigenvalue weighted by Gasteiger charge is -2.00. The van der Waals surface area contributed by atoms with Crippen molar-refractivity contribution in [2.45, 2.75) is 13.5 Å². The average molecular weight is 266 g/mol. The van der Waals surface area contributed by atoms with Crippen molar-refractivity contribution in [2.24, 2.45) is 0 Å². The number of furan rings is 1. The molecule has 0 saturated heterocycles. The van der Waals surface area contributed by atoms with E-state index in [-0.39, 0.29) is 0 Å². The minimum atomic E-state index is 0.537. The van der Waals surface area contributed by atoms with Gasteiger partial charge in [-0.3, -0.25) is 9.48 Å². The van der Waals surface area contributed by atoms with Crippen molar-refractivity contribution >= 4 is 6.29 Å². The Balaban J connectivity index is 1.95. The monoisotopic (exact) mass is 266 g/mol. The number of nitrogens with zero attached hydrogens (tertiary/aromatic N) is 2. The summed E-state index contributed by atoms with van der Waals surface area (Å²) in [5.74, 6) is 1.42. The molecule has 2 aromatic heterocycles. The van der Waals surface area contributed by atoms with Crippen LogP contribution >= 0.6 is 0 Å². The molecule has 0 spiro atoms. The minimum Gasteiger partial charge on any atom is -0.460 e. The Labute approximate surface area is 116 Å². The third-order valence-electron chi connectivity index (χ3n) is 3.08. The minimum absolute atomic E-state index is 0.537. The summed E-state index contributed by atoms with van der Waals surface area (Å²) >= 11 is 0. The Bertz CT molecular complexity index is 726. The molecular formula is C16H14N2O2. The number of aldehydes is 1. The van der Waals surface area contributed by atoms with Gasteiger partial charge in [0, 0.05) is 6.20 Å².